The maximum absolute atomic E-state index is 12.9. The van der Waals surface area contributed by atoms with Crippen LogP contribution in [0.1, 0.15) is 16.8 Å². The highest BCUT2D eigenvalue weighted by molar-refractivity contribution is 5.22. The molecule has 1 aromatic heterocycles. The number of nitrogens with zero attached hydrogens (tertiary/aromatic N) is 2. The molecule has 0 radical (unpaired) electrons. The van der Waals surface area contributed by atoms with Crippen molar-refractivity contribution < 1.29 is 9.13 Å². The van der Waals surface area contributed by atoms with Gasteiger partial charge >= 0.3 is 0 Å². The van der Waals surface area contributed by atoms with Crippen molar-refractivity contribution in [1.29, 1.82) is 0 Å². The lowest BCUT2D eigenvalue weighted by Gasteiger charge is -2.06. The molecule has 0 aliphatic carbocycles. The fraction of sp³-hybridized carbons (Fsp3) is 0.231. The number of hydrogen-bond acceptors (Lipinski definition) is 3. The van der Waals surface area contributed by atoms with Crippen molar-refractivity contribution in [3.8, 4) is 5.88 Å². The normalized spacial score (nSPS) is 10.3. The maximum Gasteiger partial charge on any atom is 0.233 e. The van der Waals surface area contributed by atoms with Crippen molar-refractivity contribution in [2.24, 2.45) is 0 Å². The summed E-state index contributed by atoms with van der Waals surface area (Å²) in [5.74, 6) is 0.189. The summed E-state index contributed by atoms with van der Waals surface area (Å²) >= 11 is 0. The summed E-state index contributed by atoms with van der Waals surface area (Å²) in [4.78, 5) is 0. The van der Waals surface area contributed by atoms with Crippen molar-refractivity contribution in [2.75, 3.05) is 0 Å². The molecule has 0 aliphatic rings. The first kappa shape index (κ1) is 11.5. The molecule has 0 aliphatic heterocycles. The zero-order chi connectivity index (χ0) is 12.3. The average molecular weight is 232 g/mol. The molecule has 17 heavy (non-hydrogen) atoms. The van der Waals surface area contributed by atoms with E-state index in [4.69, 9.17) is 4.74 Å². The minimum absolute atomic E-state index is 0.266. The number of ether oxygens (including phenoxy) is 1. The fourth-order valence-corrected chi connectivity index (χ4v) is 1.38. The number of benzene rings is 1. The Kier molecular flexibility index (Phi) is 3.32. The Labute approximate surface area is 99.3 Å². The number of halogens is 1. The first-order chi connectivity index (χ1) is 8.15. The molecule has 0 fully saturated rings. The van der Waals surface area contributed by atoms with E-state index in [9.17, 15) is 4.39 Å². The van der Waals surface area contributed by atoms with Crippen molar-refractivity contribution in [1.82, 2.24) is 10.2 Å². The first-order valence-electron chi connectivity index (χ1n) is 5.33. The Hall–Kier alpha value is -1.97. The molecule has 4 heteroatoms. The lowest BCUT2D eigenvalue weighted by atomic mass is 10.2. The van der Waals surface area contributed by atoms with E-state index >= 15 is 0 Å². The van der Waals surface area contributed by atoms with Crippen LogP contribution in [-0.4, -0.2) is 10.2 Å². The summed E-state index contributed by atoms with van der Waals surface area (Å²) in [5, 5.41) is 7.87. The molecule has 3 nitrogen and oxygen atoms in total. The first-order valence-corrected chi connectivity index (χ1v) is 5.33. The predicted molar refractivity (Wildman–Crippen MR) is 62.2 cm³/mol. The number of hydrogen-bond donors (Lipinski definition) is 0. The molecule has 0 atom stereocenters. The van der Waals surface area contributed by atoms with E-state index in [0.717, 1.165) is 16.8 Å². The van der Waals surface area contributed by atoms with Gasteiger partial charge < -0.3 is 4.74 Å². The third-order valence-corrected chi connectivity index (χ3v) is 2.48. The molecule has 0 spiro atoms. The molecular formula is C13H13FN2O. The minimum Gasteiger partial charge on any atom is -0.472 e. The topological polar surface area (TPSA) is 35.0 Å². The van der Waals surface area contributed by atoms with Gasteiger partial charge in [-0.3, -0.25) is 0 Å². The number of rotatable bonds is 3. The van der Waals surface area contributed by atoms with Crippen LogP contribution in [0, 0.1) is 19.7 Å². The van der Waals surface area contributed by atoms with E-state index in [1.165, 1.54) is 12.1 Å². The molecule has 0 N–H and O–H groups in total. The molecule has 0 saturated carbocycles. The van der Waals surface area contributed by atoms with Gasteiger partial charge in [-0.2, -0.15) is 5.10 Å². The van der Waals surface area contributed by atoms with E-state index in [-0.39, 0.29) is 12.4 Å². The molecule has 0 unspecified atom stereocenters. The second kappa shape index (κ2) is 4.91. The second-order valence-electron chi connectivity index (χ2n) is 3.87. The molecule has 88 valence electrons. The van der Waals surface area contributed by atoms with Crippen LogP contribution in [0.25, 0.3) is 0 Å². The van der Waals surface area contributed by atoms with Crippen LogP contribution in [0.15, 0.2) is 30.3 Å². The Balaban J connectivity index is 2.05. The third kappa shape index (κ3) is 3.00. The molecule has 0 bridgehead atoms. The monoisotopic (exact) mass is 232 g/mol. The third-order valence-electron chi connectivity index (χ3n) is 2.48. The van der Waals surface area contributed by atoms with Gasteiger partial charge in [0.15, 0.2) is 0 Å². The Morgan fingerprint density at radius 2 is 2.00 bits per heavy atom. The lowest BCUT2D eigenvalue weighted by Crippen LogP contribution is -2.00. The maximum atomic E-state index is 12.9. The molecule has 0 saturated heterocycles. The van der Waals surface area contributed by atoms with E-state index in [1.807, 2.05) is 19.9 Å². The van der Waals surface area contributed by atoms with E-state index in [2.05, 4.69) is 10.2 Å². The van der Waals surface area contributed by atoms with Crippen LogP contribution >= 0.6 is 0 Å². The quantitative estimate of drug-likeness (QED) is 0.816. The van der Waals surface area contributed by atoms with Gasteiger partial charge in [0.25, 0.3) is 0 Å². The van der Waals surface area contributed by atoms with E-state index < -0.39 is 0 Å². The van der Waals surface area contributed by atoms with Crippen LogP contribution in [0.5, 0.6) is 5.88 Å². The zero-order valence-electron chi connectivity index (χ0n) is 9.77. The molecule has 0 amide bonds. The highest BCUT2D eigenvalue weighted by atomic mass is 19.1. The molecule has 2 rings (SSSR count). The van der Waals surface area contributed by atoms with Crippen LogP contribution in [0.2, 0.25) is 0 Å². The number of aryl methyl sites for hydroxylation is 2. The second-order valence-corrected chi connectivity index (χ2v) is 3.87. The highest BCUT2D eigenvalue weighted by Gasteiger charge is 2.01. The van der Waals surface area contributed by atoms with Gasteiger partial charge in [0.2, 0.25) is 5.88 Å². The van der Waals surface area contributed by atoms with Crippen LogP contribution in [-0.2, 0) is 6.61 Å². The van der Waals surface area contributed by atoms with Crippen molar-refractivity contribution in [3.05, 3.63) is 53.0 Å². The average Bonchev–Trinajstić information content (AvgIpc) is 2.31. The fourth-order valence-electron chi connectivity index (χ4n) is 1.38. The Bertz CT molecular complexity index is 529. The van der Waals surface area contributed by atoms with Crippen molar-refractivity contribution >= 4 is 0 Å². The van der Waals surface area contributed by atoms with Gasteiger partial charge in [0, 0.05) is 6.07 Å². The van der Waals surface area contributed by atoms with Gasteiger partial charge in [0.1, 0.15) is 12.4 Å². The summed E-state index contributed by atoms with van der Waals surface area (Å²) in [7, 11) is 0. The largest absolute Gasteiger partial charge is 0.472 e. The SMILES string of the molecule is Cc1cc(OCc2cccc(F)c2)nnc1C. The zero-order valence-corrected chi connectivity index (χ0v) is 9.77. The standard InChI is InChI=1S/C13H13FN2O/c1-9-6-13(16-15-10(9)2)17-8-11-4-3-5-12(14)7-11/h3-7H,8H2,1-2H3. The van der Waals surface area contributed by atoms with Gasteiger partial charge in [-0.05, 0) is 37.1 Å². The van der Waals surface area contributed by atoms with Gasteiger partial charge in [0.05, 0.1) is 5.69 Å². The van der Waals surface area contributed by atoms with Crippen LogP contribution < -0.4 is 4.74 Å². The summed E-state index contributed by atoms with van der Waals surface area (Å²) < 4.78 is 18.4. The molecule has 1 aromatic carbocycles. The van der Waals surface area contributed by atoms with Gasteiger partial charge in [-0.15, -0.1) is 5.10 Å². The molecule has 1 heterocycles. The minimum atomic E-state index is -0.266. The van der Waals surface area contributed by atoms with Crippen molar-refractivity contribution in [2.45, 2.75) is 20.5 Å². The Morgan fingerprint density at radius 1 is 1.18 bits per heavy atom. The summed E-state index contributed by atoms with van der Waals surface area (Å²) in [6.07, 6.45) is 0. The Morgan fingerprint density at radius 3 is 2.71 bits per heavy atom. The van der Waals surface area contributed by atoms with E-state index in [1.54, 1.807) is 12.1 Å². The molecule has 2 aromatic rings. The smallest absolute Gasteiger partial charge is 0.233 e. The van der Waals surface area contributed by atoms with Crippen LogP contribution in [0.4, 0.5) is 4.39 Å². The lowest BCUT2D eigenvalue weighted by molar-refractivity contribution is 0.289. The van der Waals surface area contributed by atoms with E-state index in [0.29, 0.717) is 5.88 Å². The van der Waals surface area contributed by atoms with Gasteiger partial charge in [-0.25, -0.2) is 4.39 Å². The molecular weight excluding hydrogens is 219 g/mol. The van der Waals surface area contributed by atoms with Crippen LogP contribution in [0.3, 0.4) is 0 Å². The van der Waals surface area contributed by atoms with Crippen molar-refractivity contribution in [3.63, 3.8) is 0 Å². The summed E-state index contributed by atoms with van der Waals surface area (Å²) in [5.41, 5.74) is 2.67. The predicted octanol–water partition coefficient (Wildman–Crippen LogP) is 2.81. The summed E-state index contributed by atoms with van der Waals surface area (Å²) in [6.45, 7) is 4.12. The van der Waals surface area contributed by atoms with Gasteiger partial charge in [-0.1, -0.05) is 12.1 Å². The number of aromatic nitrogens is 2. The summed E-state index contributed by atoms with van der Waals surface area (Å²) in [6, 6.07) is 8.12. The highest BCUT2D eigenvalue weighted by Crippen LogP contribution is 2.12.